The Kier molecular flexibility index (Phi) is 9.81. The van der Waals surface area contributed by atoms with Crippen molar-refractivity contribution in [1.29, 1.82) is 0 Å². The molecule has 3 aromatic rings. The zero-order valence-corrected chi connectivity index (χ0v) is 25.9. The average Bonchev–Trinajstić information content (AvgIpc) is 3.53. The highest BCUT2D eigenvalue weighted by Crippen LogP contribution is 2.43. The van der Waals surface area contributed by atoms with E-state index in [1.54, 1.807) is 6.07 Å². The molecule has 224 valence electrons. The predicted octanol–water partition coefficient (Wildman–Crippen LogP) is 4.72. The Bertz CT molecular complexity index is 1510. The number of aromatic nitrogens is 1. The van der Waals surface area contributed by atoms with Gasteiger partial charge in [0.25, 0.3) is 5.91 Å². The number of rotatable bonds is 7. The summed E-state index contributed by atoms with van der Waals surface area (Å²) >= 11 is 0. The number of carbonyl (C=O) groups excluding carboxylic acids is 1. The Labute approximate surface area is 253 Å². The van der Waals surface area contributed by atoms with Gasteiger partial charge in [0, 0.05) is 46.9 Å². The fourth-order valence-electron chi connectivity index (χ4n) is 6.40. The second-order valence-electron chi connectivity index (χ2n) is 11.0. The smallest absolute Gasteiger partial charge is 0.306 e. The molecule has 41 heavy (non-hydrogen) atoms. The molecule has 9 nitrogen and oxygen atoms in total. The van der Waals surface area contributed by atoms with Crippen molar-refractivity contribution in [2.75, 3.05) is 39.5 Å². The van der Waals surface area contributed by atoms with Crippen LogP contribution in [0.15, 0.2) is 30.3 Å². The van der Waals surface area contributed by atoms with E-state index in [9.17, 15) is 13.2 Å². The third-order valence-corrected chi connectivity index (χ3v) is 8.77. The molecule has 0 atom stereocenters. The van der Waals surface area contributed by atoms with Gasteiger partial charge in [-0.1, -0.05) is 12.5 Å². The third kappa shape index (κ3) is 6.62. The highest BCUT2D eigenvalue weighted by Gasteiger charge is 2.32. The molecular weight excluding hydrogens is 587 g/mol. The fraction of sp³-hybridized carbons (Fsp3) is 0.483. The number of ether oxygens (including phenoxy) is 1. The molecule has 0 aliphatic carbocycles. The first-order chi connectivity index (χ1) is 18.8. The van der Waals surface area contributed by atoms with Crippen molar-refractivity contribution >= 4 is 51.7 Å². The first-order valence-electron chi connectivity index (χ1n) is 13.8. The SMILES string of the molecule is COc1cc(-c2cc3cc(CN4CCC(N5CCCCC5)CC4)ccc3[nH]2)c2c(c1OS(C)(=O)=O)CNC2=O.Cl.Cl. The van der Waals surface area contributed by atoms with Crippen molar-refractivity contribution in [2.24, 2.45) is 0 Å². The largest absolute Gasteiger partial charge is 0.493 e. The van der Waals surface area contributed by atoms with E-state index >= 15 is 0 Å². The van der Waals surface area contributed by atoms with Crippen LogP contribution in [0.3, 0.4) is 0 Å². The van der Waals surface area contributed by atoms with Gasteiger partial charge in [0.2, 0.25) is 0 Å². The second kappa shape index (κ2) is 12.8. The number of H-pyrrole nitrogens is 1. The van der Waals surface area contributed by atoms with E-state index in [4.69, 9.17) is 8.92 Å². The number of benzene rings is 2. The molecule has 2 N–H and O–H groups in total. The molecule has 0 saturated carbocycles. The lowest BCUT2D eigenvalue weighted by Crippen LogP contribution is -2.46. The van der Waals surface area contributed by atoms with Gasteiger partial charge in [0.15, 0.2) is 11.5 Å². The summed E-state index contributed by atoms with van der Waals surface area (Å²) in [6.07, 6.45) is 7.53. The normalized spacial score (nSPS) is 18.3. The average molecular weight is 626 g/mol. The number of aromatic amines is 1. The third-order valence-electron chi connectivity index (χ3n) is 8.30. The number of piperidine rings is 2. The molecule has 3 aliphatic heterocycles. The fourth-order valence-corrected chi connectivity index (χ4v) is 6.88. The number of amides is 1. The molecule has 0 unspecified atom stereocenters. The maximum atomic E-state index is 12.8. The van der Waals surface area contributed by atoms with E-state index in [0.29, 0.717) is 16.7 Å². The van der Waals surface area contributed by atoms with E-state index in [1.807, 2.05) is 6.07 Å². The molecule has 2 aromatic carbocycles. The van der Waals surface area contributed by atoms with Gasteiger partial charge in [-0.2, -0.15) is 8.42 Å². The summed E-state index contributed by atoms with van der Waals surface area (Å²) < 4.78 is 34.5. The first-order valence-corrected chi connectivity index (χ1v) is 15.6. The number of fused-ring (bicyclic) bond motifs is 2. The van der Waals surface area contributed by atoms with E-state index < -0.39 is 10.1 Å². The van der Waals surface area contributed by atoms with Gasteiger partial charge >= 0.3 is 10.1 Å². The van der Waals surface area contributed by atoms with Crippen LogP contribution in [0.1, 0.15) is 53.6 Å². The maximum absolute atomic E-state index is 12.8. The Balaban J connectivity index is 0.00000194. The van der Waals surface area contributed by atoms with Gasteiger partial charge in [-0.3, -0.25) is 9.69 Å². The number of carbonyl (C=O) groups is 1. The summed E-state index contributed by atoms with van der Waals surface area (Å²) in [7, 11) is -2.35. The highest BCUT2D eigenvalue weighted by atomic mass is 35.5. The number of halogens is 2. The minimum Gasteiger partial charge on any atom is -0.493 e. The summed E-state index contributed by atoms with van der Waals surface area (Å²) in [4.78, 5) is 21.5. The lowest BCUT2D eigenvalue weighted by atomic mass is 9.98. The zero-order chi connectivity index (χ0) is 27.1. The van der Waals surface area contributed by atoms with Crippen LogP contribution < -0.4 is 14.2 Å². The van der Waals surface area contributed by atoms with Gasteiger partial charge in [-0.05, 0) is 81.7 Å². The Morgan fingerprint density at radius 2 is 1.73 bits per heavy atom. The van der Waals surface area contributed by atoms with Crippen LogP contribution in [0, 0.1) is 0 Å². The van der Waals surface area contributed by atoms with Gasteiger partial charge in [-0.15, -0.1) is 24.8 Å². The topological polar surface area (TPSA) is 104 Å². The molecule has 6 rings (SSSR count). The minimum atomic E-state index is -3.81. The molecule has 1 amide bonds. The standard InChI is InChI=1S/C29H36N4O5S.2ClH/c1-37-26-16-22(27-23(17-30-29(27)34)28(26)38-39(2,35)36)25-15-20-14-19(6-7-24(20)31-25)18-32-12-8-21(9-13-32)33-10-4-3-5-11-33;;/h6-7,14-16,21,31H,3-5,8-13,17-18H2,1-2H3,(H,30,34);2*1H. The number of likely N-dealkylation sites (tertiary alicyclic amines) is 2. The van der Waals surface area contributed by atoms with E-state index in [0.717, 1.165) is 48.5 Å². The van der Waals surface area contributed by atoms with Crippen LogP contribution in [-0.2, 0) is 23.2 Å². The van der Waals surface area contributed by atoms with E-state index in [2.05, 4.69) is 38.3 Å². The van der Waals surface area contributed by atoms with Crippen molar-refractivity contribution < 1.29 is 22.1 Å². The molecule has 0 radical (unpaired) electrons. The van der Waals surface area contributed by atoms with Crippen LogP contribution in [0.4, 0.5) is 0 Å². The quantitative estimate of drug-likeness (QED) is 0.367. The summed E-state index contributed by atoms with van der Waals surface area (Å²) in [5, 5.41) is 3.86. The number of hydrogen-bond acceptors (Lipinski definition) is 7. The van der Waals surface area contributed by atoms with Gasteiger partial charge in [0.1, 0.15) is 0 Å². The van der Waals surface area contributed by atoms with Crippen LogP contribution in [0.2, 0.25) is 0 Å². The molecule has 4 heterocycles. The molecule has 0 bridgehead atoms. The molecule has 2 saturated heterocycles. The molecule has 1 aromatic heterocycles. The molecule has 3 aliphatic rings. The van der Waals surface area contributed by atoms with Crippen LogP contribution >= 0.6 is 24.8 Å². The van der Waals surface area contributed by atoms with Crippen molar-refractivity contribution in [2.45, 2.75) is 51.2 Å². The van der Waals surface area contributed by atoms with Gasteiger partial charge in [-0.25, -0.2) is 0 Å². The number of methoxy groups -OCH3 is 1. The summed E-state index contributed by atoms with van der Waals surface area (Å²) in [5.74, 6) is 0.0471. The Morgan fingerprint density at radius 1 is 1.00 bits per heavy atom. The monoisotopic (exact) mass is 624 g/mol. The van der Waals surface area contributed by atoms with Crippen LogP contribution in [0.25, 0.3) is 22.2 Å². The molecule has 2 fully saturated rings. The molecular formula is C29H38Cl2N4O5S. The Morgan fingerprint density at radius 3 is 2.41 bits per heavy atom. The molecule has 0 spiro atoms. The van der Waals surface area contributed by atoms with Crippen LogP contribution in [0.5, 0.6) is 11.5 Å². The van der Waals surface area contributed by atoms with Crippen molar-refractivity contribution in [3.8, 4) is 22.8 Å². The van der Waals surface area contributed by atoms with Gasteiger partial charge in [0.05, 0.1) is 18.9 Å². The summed E-state index contributed by atoms with van der Waals surface area (Å²) in [5.41, 5.74) is 4.53. The number of nitrogens with one attached hydrogen (secondary N) is 2. The lowest BCUT2D eigenvalue weighted by Gasteiger charge is -2.40. The van der Waals surface area contributed by atoms with Crippen LogP contribution in [-0.4, -0.2) is 74.7 Å². The Hall–Kier alpha value is -2.50. The molecule has 12 heteroatoms. The van der Waals surface area contributed by atoms with E-state index in [1.165, 1.54) is 57.9 Å². The van der Waals surface area contributed by atoms with Crippen molar-refractivity contribution in [1.82, 2.24) is 20.1 Å². The lowest BCUT2D eigenvalue weighted by molar-refractivity contribution is 0.0897. The van der Waals surface area contributed by atoms with Gasteiger partial charge < -0.3 is 24.1 Å². The maximum Gasteiger partial charge on any atom is 0.306 e. The zero-order valence-electron chi connectivity index (χ0n) is 23.4. The predicted molar refractivity (Wildman–Crippen MR) is 165 cm³/mol. The number of nitrogens with zero attached hydrogens (tertiary/aromatic N) is 2. The van der Waals surface area contributed by atoms with Crippen molar-refractivity contribution in [3.05, 3.63) is 47.0 Å². The summed E-state index contributed by atoms with van der Waals surface area (Å²) in [6.45, 7) is 5.87. The minimum absolute atomic E-state index is 0. The second-order valence-corrected chi connectivity index (χ2v) is 12.6. The van der Waals surface area contributed by atoms with E-state index in [-0.39, 0.29) is 48.8 Å². The first kappa shape index (κ1) is 31.4. The summed E-state index contributed by atoms with van der Waals surface area (Å²) in [6, 6.07) is 10.9. The number of hydrogen-bond donors (Lipinski definition) is 2. The van der Waals surface area contributed by atoms with Crippen molar-refractivity contribution in [3.63, 3.8) is 0 Å². The highest BCUT2D eigenvalue weighted by molar-refractivity contribution is 7.86.